The lowest BCUT2D eigenvalue weighted by Gasteiger charge is -2.13. The van der Waals surface area contributed by atoms with E-state index in [0.717, 1.165) is 6.42 Å². The number of rotatable bonds is 6. The summed E-state index contributed by atoms with van der Waals surface area (Å²) < 4.78 is 1.60. The average molecular weight is 212 g/mol. The molecule has 1 rings (SSSR count). The molecule has 0 aliphatic heterocycles. The third-order valence-corrected chi connectivity index (χ3v) is 2.11. The maximum absolute atomic E-state index is 11.4. The van der Waals surface area contributed by atoms with Gasteiger partial charge in [0.15, 0.2) is 0 Å². The number of hydrogen-bond donors (Lipinski definition) is 2. The largest absolute Gasteiger partial charge is 0.394 e. The minimum Gasteiger partial charge on any atom is -0.394 e. The summed E-state index contributed by atoms with van der Waals surface area (Å²) in [5.74, 6) is -0.0774. The van der Waals surface area contributed by atoms with E-state index in [-0.39, 0.29) is 18.6 Å². The van der Waals surface area contributed by atoms with Crippen LogP contribution in [0.3, 0.4) is 0 Å². The fourth-order valence-electron chi connectivity index (χ4n) is 1.14. The van der Waals surface area contributed by atoms with Crippen molar-refractivity contribution in [1.82, 2.24) is 20.1 Å². The molecule has 6 nitrogen and oxygen atoms in total. The van der Waals surface area contributed by atoms with Gasteiger partial charge in [0.2, 0.25) is 5.91 Å². The van der Waals surface area contributed by atoms with E-state index in [9.17, 15) is 4.79 Å². The van der Waals surface area contributed by atoms with E-state index in [1.165, 1.54) is 6.33 Å². The molecule has 1 heterocycles. The lowest BCUT2D eigenvalue weighted by atomic mass is 10.2. The van der Waals surface area contributed by atoms with Crippen LogP contribution in [0.15, 0.2) is 12.7 Å². The van der Waals surface area contributed by atoms with Crippen molar-refractivity contribution in [3.63, 3.8) is 0 Å². The lowest BCUT2D eigenvalue weighted by Crippen LogP contribution is -2.37. The summed E-state index contributed by atoms with van der Waals surface area (Å²) in [6.45, 7) is 2.40. The Bertz CT molecular complexity index is 282. The van der Waals surface area contributed by atoms with Crippen LogP contribution in [0.5, 0.6) is 0 Å². The summed E-state index contributed by atoms with van der Waals surface area (Å²) >= 11 is 0. The highest BCUT2D eigenvalue weighted by Gasteiger charge is 2.08. The molecule has 0 aliphatic carbocycles. The van der Waals surface area contributed by atoms with Gasteiger partial charge in [0, 0.05) is 6.42 Å². The summed E-state index contributed by atoms with van der Waals surface area (Å²) in [5, 5.41) is 15.5. The molecule has 6 heteroatoms. The number of aliphatic hydroxyl groups is 1. The Labute approximate surface area is 88.3 Å². The van der Waals surface area contributed by atoms with Crippen molar-refractivity contribution < 1.29 is 9.90 Å². The third kappa shape index (κ3) is 4.07. The molecule has 15 heavy (non-hydrogen) atoms. The van der Waals surface area contributed by atoms with Gasteiger partial charge >= 0.3 is 0 Å². The number of carbonyl (C=O) groups is 1. The maximum atomic E-state index is 11.4. The second-order valence-corrected chi connectivity index (χ2v) is 3.26. The van der Waals surface area contributed by atoms with Gasteiger partial charge in [0.1, 0.15) is 12.7 Å². The van der Waals surface area contributed by atoms with E-state index in [0.29, 0.717) is 13.0 Å². The summed E-state index contributed by atoms with van der Waals surface area (Å²) in [5.41, 5.74) is 0. The molecule has 0 fully saturated rings. The minimum absolute atomic E-state index is 0.0223. The fourth-order valence-corrected chi connectivity index (χ4v) is 1.14. The highest BCUT2D eigenvalue weighted by molar-refractivity contribution is 5.76. The number of aryl methyl sites for hydroxylation is 1. The zero-order valence-electron chi connectivity index (χ0n) is 8.76. The fraction of sp³-hybridized carbons (Fsp3) is 0.667. The van der Waals surface area contributed by atoms with Crippen LogP contribution in [0, 0.1) is 0 Å². The standard InChI is InChI=1S/C9H16N4O2/c1-2-8(5-14)12-9(15)3-4-13-7-10-6-11-13/h6-8,14H,2-5H2,1H3,(H,12,15)/t8-/m0/s1. The smallest absolute Gasteiger partial charge is 0.222 e. The predicted molar refractivity (Wildman–Crippen MR) is 53.9 cm³/mol. The first-order valence-corrected chi connectivity index (χ1v) is 4.99. The molecule has 0 saturated heterocycles. The van der Waals surface area contributed by atoms with Gasteiger partial charge in [-0.1, -0.05) is 6.92 Å². The normalized spacial score (nSPS) is 12.4. The van der Waals surface area contributed by atoms with Crippen LogP contribution < -0.4 is 5.32 Å². The van der Waals surface area contributed by atoms with Crippen molar-refractivity contribution in [3.05, 3.63) is 12.7 Å². The first-order chi connectivity index (χ1) is 7.26. The molecule has 0 bridgehead atoms. The molecule has 0 spiro atoms. The molecule has 84 valence electrons. The van der Waals surface area contributed by atoms with Gasteiger partial charge in [0.05, 0.1) is 19.2 Å². The highest BCUT2D eigenvalue weighted by atomic mass is 16.3. The van der Waals surface area contributed by atoms with Gasteiger partial charge in [-0.05, 0) is 6.42 Å². The predicted octanol–water partition coefficient (Wildman–Crippen LogP) is -0.445. The van der Waals surface area contributed by atoms with Crippen LogP contribution in [0.1, 0.15) is 19.8 Å². The van der Waals surface area contributed by atoms with E-state index < -0.39 is 0 Å². The number of nitrogens with zero attached hydrogens (tertiary/aromatic N) is 3. The minimum atomic E-state index is -0.145. The van der Waals surface area contributed by atoms with Crippen molar-refractivity contribution in [2.45, 2.75) is 32.4 Å². The zero-order chi connectivity index (χ0) is 11.1. The van der Waals surface area contributed by atoms with Gasteiger partial charge in [0.25, 0.3) is 0 Å². The monoisotopic (exact) mass is 212 g/mol. The number of aromatic nitrogens is 3. The molecule has 0 unspecified atom stereocenters. The Morgan fingerprint density at radius 3 is 3.00 bits per heavy atom. The van der Waals surface area contributed by atoms with Crippen molar-refractivity contribution in [2.24, 2.45) is 0 Å². The number of aliphatic hydroxyl groups excluding tert-OH is 1. The topological polar surface area (TPSA) is 80.0 Å². The Hall–Kier alpha value is -1.43. The Morgan fingerprint density at radius 2 is 2.47 bits per heavy atom. The summed E-state index contributed by atoms with van der Waals surface area (Å²) in [6, 6.07) is -0.145. The first kappa shape index (κ1) is 11.6. The second kappa shape index (κ2) is 6.13. The molecular formula is C9H16N4O2. The molecule has 0 aliphatic rings. The summed E-state index contributed by atoms with van der Waals surface area (Å²) in [6.07, 6.45) is 4.07. The Balaban J connectivity index is 2.24. The van der Waals surface area contributed by atoms with Crippen LogP contribution in [-0.4, -0.2) is 38.4 Å². The van der Waals surface area contributed by atoms with Gasteiger partial charge in [-0.15, -0.1) is 0 Å². The number of amides is 1. The molecule has 2 N–H and O–H groups in total. The quantitative estimate of drug-likeness (QED) is 0.669. The van der Waals surface area contributed by atoms with E-state index >= 15 is 0 Å². The van der Waals surface area contributed by atoms with Crippen LogP contribution in [-0.2, 0) is 11.3 Å². The lowest BCUT2D eigenvalue weighted by molar-refractivity contribution is -0.122. The van der Waals surface area contributed by atoms with Crippen LogP contribution in [0.25, 0.3) is 0 Å². The third-order valence-electron chi connectivity index (χ3n) is 2.11. The number of nitrogens with one attached hydrogen (secondary N) is 1. The molecule has 0 radical (unpaired) electrons. The van der Waals surface area contributed by atoms with E-state index in [4.69, 9.17) is 5.11 Å². The highest BCUT2D eigenvalue weighted by Crippen LogP contribution is 1.92. The summed E-state index contributed by atoms with van der Waals surface area (Å²) in [7, 11) is 0. The van der Waals surface area contributed by atoms with Gasteiger partial charge in [-0.25, -0.2) is 4.98 Å². The summed E-state index contributed by atoms with van der Waals surface area (Å²) in [4.78, 5) is 15.2. The molecule has 1 aromatic rings. The first-order valence-electron chi connectivity index (χ1n) is 4.99. The van der Waals surface area contributed by atoms with Gasteiger partial charge < -0.3 is 10.4 Å². The average Bonchev–Trinajstić information content (AvgIpc) is 2.75. The Morgan fingerprint density at radius 1 is 1.67 bits per heavy atom. The zero-order valence-corrected chi connectivity index (χ0v) is 8.76. The molecule has 0 aromatic carbocycles. The van der Waals surface area contributed by atoms with Crippen LogP contribution >= 0.6 is 0 Å². The second-order valence-electron chi connectivity index (χ2n) is 3.26. The van der Waals surface area contributed by atoms with E-state index in [2.05, 4.69) is 15.4 Å². The van der Waals surface area contributed by atoms with Crippen LogP contribution in [0.2, 0.25) is 0 Å². The molecule has 1 aromatic heterocycles. The maximum Gasteiger partial charge on any atom is 0.222 e. The molecular weight excluding hydrogens is 196 g/mol. The van der Waals surface area contributed by atoms with E-state index in [1.807, 2.05) is 6.92 Å². The van der Waals surface area contributed by atoms with Crippen molar-refractivity contribution in [1.29, 1.82) is 0 Å². The SMILES string of the molecule is CC[C@@H](CO)NC(=O)CCn1cncn1. The van der Waals surface area contributed by atoms with Crippen molar-refractivity contribution in [2.75, 3.05) is 6.61 Å². The number of hydrogen-bond acceptors (Lipinski definition) is 4. The van der Waals surface area contributed by atoms with E-state index in [1.54, 1.807) is 11.0 Å². The molecule has 1 amide bonds. The van der Waals surface area contributed by atoms with Gasteiger partial charge in [-0.3, -0.25) is 9.48 Å². The number of carbonyl (C=O) groups excluding carboxylic acids is 1. The van der Waals surface area contributed by atoms with Crippen molar-refractivity contribution in [3.8, 4) is 0 Å². The Kier molecular flexibility index (Phi) is 4.76. The van der Waals surface area contributed by atoms with Gasteiger partial charge in [-0.2, -0.15) is 5.10 Å². The van der Waals surface area contributed by atoms with Crippen molar-refractivity contribution >= 4 is 5.91 Å². The molecule has 1 atom stereocenters. The van der Waals surface area contributed by atoms with Crippen LogP contribution in [0.4, 0.5) is 0 Å². The molecule has 0 saturated carbocycles.